The Labute approximate surface area is 141 Å². The van der Waals surface area contributed by atoms with Crippen molar-refractivity contribution in [2.75, 3.05) is 5.32 Å². The number of hydrogen-bond acceptors (Lipinski definition) is 5. The maximum Gasteiger partial charge on any atom is 0.356 e. The van der Waals surface area contributed by atoms with Crippen molar-refractivity contribution >= 4 is 28.9 Å². The largest absolute Gasteiger partial charge is 0.476 e. The van der Waals surface area contributed by atoms with E-state index in [-0.39, 0.29) is 18.0 Å². The first kappa shape index (κ1) is 15.9. The monoisotopic (exact) mass is 342 g/mol. The Bertz CT molecular complexity index is 900. The quantitative estimate of drug-likeness (QED) is 0.742. The molecule has 2 aromatic heterocycles. The summed E-state index contributed by atoms with van der Waals surface area (Å²) < 4.78 is 1.42. The topological polar surface area (TPSA) is 97.1 Å². The van der Waals surface area contributed by atoms with Crippen molar-refractivity contribution in [1.29, 1.82) is 0 Å². The van der Waals surface area contributed by atoms with E-state index < -0.39 is 5.97 Å². The molecule has 7 nitrogen and oxygen atoms in total. The molecule has 1 aromatic carbocycles. The molecule has 2 heterocycles. The van der Waals surface area contributed by atoms with Gasteiger partial charge in [0.15, 0.2) is 5.69 Å². The van der Waals surface area contributed by atoms with Gasteiger partial charge in [0.1, 0.15) is 0 Å². The van der Waals surface area contributed by atoms with Crippen LogP contribution in [0.3, 0.4) is 0 Å². The average Bonchev–Trinajstić information content (AvgIpc) is 3.17. The predicted octanol–water partition coefficient (Wildman–Crippen LogP) is 2.52. The fraction of sp³-hybridized carbons (Fsp3) is 0.125. The van der Waals surface area contributed by atoms with Gasteiger partial charge in [0.05, 0.1) is 28.5 Å². The molecule has 0 saturated heterocycles. The van der Waals surface area contributed by atoms with Crippen molar-refractivity contribution in [2.24, 2.45) is 0 Å². The minimum atomic E-state index is -1.10. The maximum absolute atomic E-state index is 12.2. The number of hydrogen-bond donors (Lipinski definition) is 2. The predicted molar refractivity (Wildman–Crippen MR) is 89.7 cm³/mol. The Kier molecular flexibility index (Phi) is 4.39. The Morgan fingerprint density at radius 3 is 2.75 bits per heavy atom. The molecule has 0 fully saturated rings. The second-order valence-corrected chi connectivity index (χ2v) is 6.11. The molecule has 24 heavy (non-hydrogen) atoms. The maximum atomic E-state index is 12.2. The number of nitrogens with one attached hydrogen (secondary N) is 1. The van der Waals surface area contributed by atoms with Crippen LogP contribution in [0.15, 0.2) is 41.9 Å². The summed E-state index contributed by atoms with van der Waals surface area (Å²) in [5, 5.41) is 18.6. The van der Waals surface area contributed by atoms with Crippen molar-refractivity contribution in [3.05, 3.63) is 58.3 Å². The number of carboxylic acids is 1. The SMILES string of the molecule is Cc1nc(CC(=O)Nc2ccccc2-n2ccc(C(=O)O)n2)cs1. The molecule has 122 valence electrons. The number of amides is 1. The van der Waals surface area contributed by atoms with Gasteiger partial charge in [-0.05, 0) is 25.1 Å². The van der Waals surface area contributed by atoms with E-state index in [2.05, 4.69) is 15.4 Å². The van der Waals surface area contributed by atoms with E-state index in [1.165, 1.54) is 28.3 Å². The number of carbonyl (C=O) groups excluding carboxylic acids is 1. The van der Waals surface area contributed by atoms with E-state index in [1.54, 1.807) is 24.3 Å². The smallest absolute Gasteiger partial charge is 0.356 e. The normalized spacial score (nSPS) is 10.5. The van der Waals surface area contributed by atoms with Gasteiger partial charge in [-0.3, -0.25) is 4.79 Å². The van der Waals surface area contributed by atoms with Crippen molar-refractivity contribution in [3.8, 4) is 5.69 Å². The molecule has 3 rings (SSSR count). The van der Waals surface area contributed by atoms with Crippen LogP contribution in [-0.4, -0.2) is 31.7 Å². The van der Waals surface area contributed by atoms with Crippen LogP contribution < -0.4 is 5.32 Å². The van der Waals surface area contributed by atoms with Gasteiger partial charge in [-0.15, -0.1) is 11.3 Å². The number of para-hydroxylation sites is 2. The lowest BCUT2D eigenvalue weighted by molar-refractivity contribution is -0.115. The molecule has 1 amide bonds. The zero-order valence-corrected chi connectivity index (χ0v) is 13.6. The molecular weight excluding hydrogens is 328 g/mol. The van der Waals surface area contributed by atoms with Crippen LogP contribution in [0.2, 0.25) is 0 Å². The Morgan fingerprint density at radius 1 is 1.29 bits per heavy atom. The third-order valence-electron chi connectivity index (χ3n) is 3.24. The van der Waals surface area contributed by atoms with E-state index >= 15 is 0 Å². The summed E-state index contributed by atoms with van der Waals surface area (Å²) in [5.41, 5.74) is 1.80. The Morgan fingerprint density at radius 2 is 2.08 bits per heavy atom. The van der Waals surface area contributed by atoms with Gasteiger partial charge in [-0.2, -0.15) is 5.10 Å². The first-order chi connectivity index (χ1) is 11.5. The van der Waals surface area contributed by atoms with Crippen LogP contribution in [0.1, 0.15) is 21.2 Å². The zero-order valence-electron chi connectivity index (χ0n) is 12.8. The summed E-state index contributed by atoms with van der Waals surface area (Å²) >= 11 is 1.50. The average molecular weight is 342 g/mol. The fourth-order valence-corrected chi connectivity index (χ4v) is 2.81. The molecular formula is C16H14N4O3S. The van der Waals surface area contributed by atoms with Crippen LogP contribution in [0.5, 0.6) is 0 Å². The van der Waals surface area contributed by atoms with Crippen molar-refractivity contribution < 1.29 is 14.7 Å². The second-order valence-electron chi connectivity index (χ2n) is 5.05. The van der Waals surface area contributed by atoms with E-state index in [4.69, 9.17) is 5.11 Å². The number of aryl methyl sites for hydroxylation is 1. The molecule has 0 aliphatic carbocycles. The molecule has 2 N–H and O–H groups in total. The standard InChI is InChI=1S/C16H14N4O3S/c1-10-17-11(9-24-10)8-15(21)18-12-4-2-3-5-14(12)20-7-6-13(19-20)16(22)23/h2-7,9H,8H2,1H3,(H,18,21)(H,22,23). The zero-order chi connectivity index (χ0) is 17.1. The van der Waals surface area contributed by atoms with Crippen LogP contribution in [0.4, 0.5) is 5.69 Å². The summed E-state index contributed by atoms with van der Waals surface area (Å²) in [6, 6.07) is 8.46. The van der Waals surface area contributed by atoms with Crippen molar-refractivity contribution in [2.45, 2.75) is 13.3 Å². The van der Waals surface area contributed by atoms with Gasteiger partial charge >= 0.3 is 5.97 Å². The fourth-order valence-electron chi connectivity index (χ4n) is 2.20. The van der Waals surface area contributed by atoms with Crippen LogP contribution in [-0.2, 0) is 11.2 Å². The van der Waals surface area contributed by atoms with E-state index in [1.807, 2.05) is 12.3 Å². The minimum absolute atomic E-state index is 0.0610. The number of nitrogens with zero attached hydrogens (tertiary/aromatic N) is 3. The van der Waals surface area contributed by atoms with Crippen molar-refractivity contribution in [1.82, 2.24) is 14.8 Å². The second kappa shape index (κ2) is 6.63. The number of benzene rings is 1. The lowest BCUT2D eigenvalue weighted by Gasteiger charge is -2.10. The number of anilines is 1. The van der Waals surface area contributed by atoms with Crippen LogP contribution in [0.25, 0.3) is 5.69 Å². The molecule has 0 aliphatic rings. The minimum Gasteiger partial charge on any atom is -0.476 e. The third kappa shape index (κ3) is 3.49. The molecule has 3 aromatic rings. The number of carboxylic acid groups (broad SMARTS) is 1. The summed E-state index contributed by atoms with van der Waals surface area (Å²) in [4.78, 5) is 27.5. The molecule has 0 spiro atoms. The van der Waals surface area contributed by atoms with E-state index in [0.717, 1.165) is 10.7 Å². The van der Waals surface area contributed by atoms with Crippen LogP contribution >= 0.6 is 11.3 Å². The highest BCUT2D eigenvalue weighted by Gasteiger charge is 2.13. The number of thiazole rings is 1. The number of carbonyl (C=O) groups is 2. The molecule has 0 radical (unpaired) electrons. The van der Waals surface area contributed by atoms with Gasteiger partial charge < -0.3 is 10.4 Å². The molecule has 0 bridgehead atoms. The summed E-state index contributed by atoms with van der Waals surface area (Å²) in [5.74, 6) is -1.30. The van der Waals surface area contributed by atoms with Gasteiger partial charge in [-0.25, -0.2) is 14.5 Å². The highest BCUT2D eigenvalue weighted by atomic mass is 32.1. The first-order valence-electron chi connectivity index (χ1n) is 7.12. The Balaban J connectivity index is 1.80. The molecule has 0 atom stereocenters. The van der Waals surface area contributed by atoms with Gasteiger partial charge in [0.25, 0.3) is 0 Å². The molecule has 0 aliphatic heterocycles. The molecule has 0 saturated carbocycles. The molecule has 0 unspecified atom stereocenters. The Hall–Kier alpha value is -3.00. The summed E-state index contributed by atoms with van der Waals surface area (Å²) in [7, 11) is 0. The highest BCUT2D eigenvalue weighted by molar-refractivity contribution is 7.09. The summed E-state index contributed by atoms with van der Waals surface area (Å²) in [6.07, 6.45) is 1.72. The third-order valence-corrected chi connectivity index (χ3v) is 4.06. The first-order valence-corrected chi connectivity index (χ1v) is 8.00. The number of rotatable bonds is 5. The van der Waals surface area contributed by atoms with Crippen LogP contribution in [0, 0.1) is 6.92 Å². The van der Waals surface area contributed by atoms with Gasteiger partial charge in [0, 0.05) is 11.6 Å². The summed E-state index contributed by atoms with van der Waals surface area (Å²) in [6.45, 7) is 1.89. The van der Waals surface area contributed by atoms with E-state index in [9.17, 15) is 9.59 Å². The highest BCUT2D eigenvalue weighted by Crippen LogP contribution is 2.20. The van der Waals surface area contributed by atoms with Crippen molar-refractivity contribution in [3.63, 3.8) is 0 Å². The van der Waals surface area contributed by atoms with E-state index in [0.29, 0.717) is 11.4 Å². The number of aromatic carboxylic acids is 1. The number of aromatic nitrogens is 3. The van der Waals surface area contributed by atoms with Gasteiger partial charge in [0.2, 0.25) is 5.91 Å². The lowest BCUT2D eigenvalue weighted by Crippen LogP contribution is -2.16. The van der Waals surface area contributed by atoms with Gasteiger partial charge in [-0.1, -0.05) is 12.1 Å². The lowest BCUT2D eigenvalue weighted by atomic mass is 10.2. The molecule has 8 heteroatoms.